The number of unbranched alkanes of at least 4 members (excludes halogenated alkanes) is 6. The van der Waals surface area contributed by atoms with E-state index >= 15 is 0 Å². The number of aliphatic hydroxyl groups is 1. The van der Waals surface area contributed by atoms with E-state index < -0.39 is 35.7 Å². The Bertz CT molecular complexity index is 1230. The highest BCUT2D eigenvalue weighted by atomic mass is 32.2. The fourth-order valence-electron chi connectivity index (χ4n) is 8.83. The molecule has 0 aliphatic heterocycles. The lowest BCUT2D eigenvalue weighted by atomic mass is 9.52. The van der Waals surface area contributed by atoms with Crippen molar-refractivity contribution in [1.29, 1.82) is 0 Å². The summed E-state index contributed by atoms with van der Waals surface area (Å²) in [6.07, 6.45) is 5.95. The summed E-state index contributed by atoms with van der Waals surface area (Å²) in [5, 5.41) is 11.0. The first-order chi connectivity index (χ1) is 22.6. The first-order valence-corrected chi connectivity index (χ1v) is 19.6. The maximum absolute atomic E-state index is 13.0. The number of rotatable bonds is 18. The molecular formula is C37H56F5NO4S. The quantitative estimate of drug-likeness (QED) is 0.0716. The Morgan fingerprint density at radius 1 is 0.979 bits per heavy atom. The Morgan fingerprint density at radius 2 is 1.65 bits per heavy atom. The standard InChI is InChI=1S/C37H56F5NO4S/c1-35-20-17-30-29-14-13-28(47-33(45)18-21-43(2)3)25-27(29)24-26(34(30)31(35)15-16-32(35)44)12-9-7-5-4-6-8-10-22-48(46)23-11-19-36(38,39)37(40,41)42/h13-14,25-26,30-32,34,44H,4-12,15-24H2,1-3H3/t26-,30-,31+,32+,34-,35+,48?/m1/s1. The van der Waals surface area contributed by atoms with Crippen LogP contribution in [0.15, 0.2) is 18.2 Å². The maximum Gasteiger partial charge on any atom is 0.453 e. The second kappa shape index (κ2) is 17.1. The number of alkyl halides is 5. The van der Waals surface area contributed by atoms with Gasteiger partial charge >= 0.3 is 18.1 Å². The predicted octanol–water partition coefficient (Wildman–Crippen LogP) is 8.83. The molecule has 1 aromatic rings. The van der Waals surface area contributed by atoms with Crippen LogP contribution in [0.1, 0.15) is 120 Å². The molecular weight excluding hydrogens is 649 g/mol. The normalized spacial score (nSPS) is 27.8. The Kier molecular flexibility index (Phi) is 13.9. The molecule has 1 aromatic carbocycles. The van der Waals surface area contributed by atoms with Crippen molar-refractivity contribution < 1.29 is 40.8 Å². The molecule has 3 aliphatic carbocycles. The third-order valence-electron chi connectivity index (χ3n) is 11.5. The number of hydrogen-bond donors (Lipinski definition) is 1. The first kappa shape index (κ1) is 39.2. The van der Waals surface area contributed by atoms with E-state index in [-0.39, 0.29) is 23.2 Å². The molecule has 3 aliphatic rings. The molecule has 0 bridgehead atoms. The van der Waals surface area contributed by atoms with Gasteiger partial charge in [-0.3, -0.25) is 9.00 Å². The van der Waals surface area contributed by atoms with Crippen molar-refractivity contribution in [3.05, 3.63) is 29.3 Å². The number of carbonyl (C=O) groups is 1. The first-order valence-electron chi connectivity index (χ1n) is 18.1. The SMILES string of the molecule is CN(C)CCC(=O)Oc1ccc2c(c1)C[C@@H](CCCCCCCCCS(=O)CCCC(F)(F)C(F)(F)F)[C@@H]1[C@@H]2CC[C@]2(C)[C@@H](O)CC[C@@H]12. The van der Waals surface area contributed by atoms with E-state index in [1.807, 2.05) is 25.1 Å². The van der Waals surface area contributed by atoms with E-state index in [0.717, 1.165) is 77.0 Å². The van der Waals surface area contributed by atoms with E-state index in [0.29, 0.717) is 54.6 Å². The molecule has 1 N–H and O–H groups in total. The van der Waals surface area contributed by atoms with E-state index in [1.54, 1.807) is 0 Å². The Labute approximate surface area is 286 Å². The van der Waals surface area contributed by atoms with Crippen LogP contribution in [-0.4, -0.2) is 70.5 Å². The van der Waals surface area contributed by atoms with Crippen molar-refractivity contribution in [3.63, 3.8) is 0 Å². The average molecular weight is 706 g/mol. The van der Waals surface area contributed by atoms with Crippen LogP contribution in [0.3, 0.4) is 0 Å². The molecule has 4 rings (SSSR count). The van der Waals surface area contributed by atoms with Gasteiger partial charge in [0.2, 0.25) is 0 Å². The zero-order valence-electron chi connectivity index (χ0n) is 29.0. The van der Waals surface area contributed by atoms with Gasteiger partial charge < -0.3 is 14.7 Å². The molecule has 5 nitrogen and oxygen atoms in total. The summed E-state index contributed by atoms with van der Waals surface area (Å²) in [7, 11) is 2.50. The Morgan fingerprint density at radius 3 is 2.33 bits per heavy atom. The third kappa shape index (κ3) is 10.0. The summed E-state index contributed by atoms with van der Waals surface area (Å²) < 4.78 is 80.7. The summed E-state index contributed by atoms with van der Waals surface area (Å²) in [5.41, 5.74) is 2.68. The topological polar surface area (TPSA) is 66.8 Å². The van der Waals surface area contributed by atoms with Gasteiger partial charge in [-0.25, -0.2) is 0 Å². The second-order valence-corrected chi connectivity index (χ2v) is 16.9. The van der Waals surface area contributed by atoms with E-state index in [2.05, 4.69) is 19.1 Å². The van der Waals surface area contributed by atoms with Crippen LogP contribution < -0.4 is 4.74 Å². The summed E-state index contributed by atoms with van der Waals surface area (Å²) >= 11 is 0. The van der Waals surface area contributed by atoms with Gasteiger partial charge in [0.05, 0.1) is 12.5 Å². The highest BCUT2D eigenvalue weighted by Crippen LogP contribution is 2.62. The lowest BCUT2D eigenvalue weighted by molar-refractivity contribution is -0.284. The van der Waals surface area contributed by atoms with Crippen LogP contribution in [-0.2, 0) is 22.0 Å². The number of aliphatic hydroxyl groups excluding tert-OH is 1. The van der Waals surface area contributed by atoms with Gasteiger partial charge in [0.15, 0.2) is 0 Å². The van der Waals surface area contributed by atoms with E-state index in [1.165, 1.54) is 11.1 Å². The van der Waals surface area contributed by atoms with Crippen LogP contribution in [0.4, 0.5) is 22.0 Å². The second-order valence-electron chi connectivity index (χ2n) is 15.2. The summed E-state index contributed by atoms with van der Waals surface area (Å²) in [5.74, 6) is -2.06. The number of benzene rings is 1. The number of nitrogens with zero attached hydrogens (tertiary/aromatic N) is 1. The predicted molar refractivity (Wildman–Crippen MR) is 180 cm³/mol. The summed E-state index contributed by atoms with van der Waals surface area (Å²) in [4.78, 5) is 14.4. The summed E-state index contributed by atoms with van der Waals surface area (Å²) in [6, 6.07) is 6.24. The number of carbonyl (C=O) groups excluding carboxylic acids is 1. The van der Waals surface area contributed by atoms with Gasteiger partial charge in [-0.15, -0.1) is 0 Å². The van der Waals surface area contributed by atoms with Crippen molar-refractivity contribution in [2.24, 2.45) is 23.2 Å². The van der Waals surface area contributed by atoms with Gasteiger partial charge in [-0.1, -0.05) is 51.5 Å². The smallest absolute Gasteiger partial charge is 0.426 e. The van der Waals surface area contributed by atoms with E-state index in [4.69, 9.17) is 4.74 Å². The molecule has 2 saturated carbocycles. The fourth-order valence-corrected chi connectivity index (χ4v) is 10.0. The van der Waals surface area contributed by atoms with Gasteiger partial charge in [0.25, 0.3) is 0 Å². The monoisotopic (exact) mass is 705 g/mol. The average Bonchev–Trinajstić information content (AvgIpc) is 3.32. The maximum atomic E-state index is 13.0. The molecule has 2 fully saturated rings. The molecule has 0 heterocycles. The van der Waals surface area contributed by atoms with Crippen molar-refractivity contribution in [2.75, 3.05) is 32.1 Å². The Balaban J connectivity index is 1.23. The van der Waals surface area contributed by atoms with E-state index in [9.17, 15) is 36.1 Å². The number of hydrogen-bond acceptors (Lipinski definition) is 5. The van der Waals surface area contributed by atoms with Crippen LogP contribution in [0.25, 0.3) is 0 Å². The van der Waals surface area contributed by atoms with Crippen LogP contribution >= 0.6 is 0 Å². The highest BCUT2D eigenvalue weighted by Gasteiger charge is 2.57. The largest absolute Gasteiger partial charge is 0.453 e. The molecule has 0 spiro atoms. The van der Waals surface area contributed by atoms with Crippen molar-refractivity contribution >= 4 is 16.8 Å². The molecule has 0 radical (unpaired) electrons. The molecule has 48 heavy (non-hydrogen) atoms. The molecule has 7 atom stereocenters. The number of ether oxygens (including phenoxy) is 1. The lowest BCUT2D eigenvalue weighted by Gasteiger charge is -2.53. The minimum absolute atomic E-state index is 0.0172. The number of halogens is 5. The van der Waals surface area contributed by atoms with Crippen molar-refractivity contribution in [1.82, 2.24) is 4.90 Å². The lowest BCUT2D eigenvalue weighted by Crippen LogP contribution is -2.47. The minimum atomic E-state index is -5.55. The highest BCUT2D eigenvalue weighted by molar-refractivity contribution is 7.84. The van der Waals surface area contributed by atoms with Crippen LogP contribution in [0, 0.1) is 23.2 Å². The van der Waals surface area contributed by atoms with Crippen molar-refractivity contribution in [3.8, 4) is 5.75 Å². The summed E-state index contributed by atoms with van der Waals surface area (Å²) in [6.45, 7) is 2.95. The Hall–Kier alpha value is -1.59. The van der Waals surface area contributed by atoms with Gasteiger partial charge in [0.1, 0.15) is 5.75 Å². The molecule has 11 heteroatoms. The minimum Gasteiger partial charge on any atom is -0.426 e. The molecule has 0 aromatic heterocycles. The van der Waals surface area contributed by atoms with Crippen LogP contribution in [0.5, 0.6) is 5.75 Å². The molecule has 0 amide bonds. The number of esters is 1. The molecule has 0 saturated heterocycles. The molecule has 274 valence electrons. The number of fused-ring (bicyclic) bond motifs is 5. The molecule has 1 unspecified atom stereocenters. The zero-order valence-corrected chi connectivity index (χ0v) is 29.8. The zero-order chi connectivity index (χ0) is 35.1. The van der Waals surface area contributed by atoms with Crippen molar-refractivity contribution in [2.45, 2.75) is 134 Å². The van der Waals surface area contributed by atoms with Gasteiger partial charge in [-0.2, -0.15) is 22.0 Å². The fraction of sp³-hybridized carbons (Fsp3) is 0.811. The van der Waals surface area contributed by atoms with Gasteiger partial charge in [0, 0.05) is 35.3 Å². The third-order valence-corrected chi connectivity index (χ3v) is 13.0. The van der Waals surface area contributed by atoms with Crippen LogP contribution in [0.2, 0.25) is 0 Å². The van der Waals surface area contributed by atoms with Gasteiger partial charge in [-0.05, 0) is 118 Å².